The van der Waals surface area contributed by atoms with Gasteiger partial charge >= 0.3 is 0 Å². The van der Waals surface area contributed by atoms with Gasteiger partial charge in [-0.3, -0.25) is 9.59 Å². The summed E-state index contributed by atoms with van der Waals surface area (Å²) in [5, 5.41) is 0. The molecule has 0 unspecified atom stereocenters. The molecule has 1 aromatic carbocycles. The summed E-state index contributed by atoms with van der Waals surface area (Å²) in [5.74, 6) is 1.04. The third-order valence-corrected chi connectivity index (χ3v) is 4.86. The predicted molar refractivity (Wildman–Crippen MR) is 99.7 cm³/mol. The molecule has 0 N–H and O–H groups in total. The van der Waals surface area contributed by atoms with E-state index in [1.165, 1.54) is 6.92 Å². The van der Waals surface area contributed by atoms with Crippen LogP contribution in [0.3, 0.4) is 0 Å². The molecule has 8 heteroatoms. The molecule has 0 bridgehead atoms. The first kappa shape index (κ1) is 17.3. The topological polar surface area (TPSA) is 78.9 Å². The van der Waals surface area contributed by atoms with Crippen LogP contribution in [0.15, 0.2) is 42.7 Å². The number of carbonyl (C=O) groups excluding carboxylic acids is 2. The summed E-state index contributed by atoms with van der Waals surface area (Å²) < 4.78 is 5.92. The first-order valence-corrected chi connectivity index (χ1v) is 8.98. The second kappa shape index (κ2) is 7.22. The molecule has 2 aromatic rings. The molecule has 0 saturated carbocycles. The van der Waals surface area contributed by atoms with Gasteiger partial charge in [0.2, 0.25) is 11.9 Å². The van der Waals surface area contributed by atoms with Crippen LogP contribution in [0.1, 0.15) is 6.92 Å². The van der Waals surface area contributed by atoms with E-state index in [0.717, 1.165) is 0 Å². The smallest absolute Gasteiger partial charge is 0.265 e. The van der Waals surface area contributed by atoms with Crippen LogP contribution < -0.4 is 14.5 Å². The van der Waals surface area contributed by atoms with Gasteiger partial charge in [0.15, 0.2) is 6.10 Å². The van der Waals surface area contributed by atoms with Gasteiger partial charge in [-0.2, -0.15) is 0 Å². The average Bonchev–Trinajstić information content (AvgIpc) is 2.73. The lowest BCUT2D eigenvalue weighted by molar-refractivity contribution is -0.139. The number of benzene rings is 1. The summed E-state index contributed by atoms with van der Waals surface area (Å²) in [4.78, 5) is 39.0. The Kier molecular flexibility index (Phi) is 4.62. The van der Waals surface area contributed by atoms with Crippen LogP contribution in [0, 0.1) is 0 Å². The second-order valence-electron chi connectivity index (χ2n) is 6.56. The number of amides is 2. The number of rotatable bonds is 2. The fourth-order valence-corrected chi connectivity index (χ4v) is 3.45. The van der Waals surface area contributed by atoms with Crippen LogP contribution in [-0.4, -0.2) is 65.5 Å². The van der Waals surface area contributed by atoms with Gasteiger partial charge in [-0.15, -0.1) is 0 Å². The molecule has 1 saturated heterocycles. The summed E-state index contributed by atoms with van der Waals surface area (Å²) in [7, 11) is 0. The van der Waals surface area contributed by atoms with E-state index in [2.05, 4.69) is 14.9 Å². The molecule has 1 aromatic heterocycles. The Morgan fingerprint density at radius 2 is 1.74 bits per heavy atom. The summed E-state index contributed by atoms with van der Waals surface area (Å²) >= 11 is 0. The van der Waals surface area contributed by atoms with E-state index in [1.807, 2.05) is 18.2 Å². The van der Waals surface area contributed by atoms with Gasteiger partial charge in [-0.05, 0) is 18.2 Å². The lowest BCUT2D eigenvalue weighted by Crippen LogP contribution is -2.56. The number of carbonyl (C=O) groups is 2. The van der Waals surface area contributed by atoms with Crippen LogP contribution in [0.25, 0.3) is 0 Å². The second-order valence-corrected chi connectivity index (χ2v) is 6.56. The van der Waals surface area contributed by atoms with E-state index in [9.17, 15) is 9.59 Å². The number of hydrogen-bond acceptors (Lipinski definition) is 6. The molecular weight excluding hydrogens is 346 g/mol. The third-order valence-electron chi connectivity index (χ3n) is 4.86. The van der Waals surface area contributed by atoms with Crippen molar-refractivity contribution in [2.24, 2.45) is 0 Å². The quantitative estimate of drug-likeness (QED) is 0.786. The monoisotopic (exact) mass is 367 g/mol. The largest absolute Gasteiger partial charge is 0.476 e. The first-order chi connectivity index (χ1) is 13.1. The number of aromatic nitrogens is 2. The maximum atomic E-state index is 13.0. The summed E-state index contributed by atoms with van der Waals surface area (Å²) in [5.41, 5.74) is 0.708. The lowest BCUT2D eigenvalue weighted by atomic mass is 10.1. The van der Waals surface area contributed by atoms with E-state index in [-0.39, 0.29) is 18.4 Å². The van der Waals surface area contributed by atoms with Crippen molar-refractivity contribution in [2.75, 3.05) is 42.5 Å². The highest BCUT2D eigenvalue weighted by Gasteiger charge is 2.36. The number of anilines is 2. The zero-order valence-electron chi connectivity index (χ0n) is 15.1. The predicted octanol–water partition coefficient (Wildman–Crippen LogP) is 0.939. The maximum Gasteiger partial charge on any atom is 0.265 e. The molecule has 0 radical (unpaired) electrons. The molecule has 0 aliphatic carbocycles. The Morgan fingerprint density at radius 1 is 1.04 bits per heavy atom. The minimum Gasteiger partial charge on any atom is -0.476 e. The van der Waals surface area contributed by atoms with E-state index in [4.69, 9.17) is 4.74 Å². The van der Waals surface area contributed by atoms with Crippen molar-refractivity contribution in [3.8, 4) is 5.75 Å². The molecule has 2 aliphatic rings. The normalized spacial score (nSPS) is 19.3. The SMILES string of the molecule is CC(=O)N1C[C@@H](C(=O)N2CCN(c3ncccn3)CC2)Oc2ccccc21. The Bertz CT molecular complexity index is 836. The average molecular weight is 367 g/mol. The standard InChI is InChI=1S/C19H21N5O3/c1-14(25)24-13-17(27-16-6-3-2-5-15(16)24)18(26)22-9-11-23(12-10-22)19-20-7-4-8-21-19/h2-8,17H,9-13H2,1H3/t17-/m0/s1. The molecule has 4 rings (SSSR count). The highest BCUT2D eigenvalue weighted by Crippen LogP contribution is 2.33. The molecule has 1 atom stereocenters. The van der Waals surface area contributed by atoms with E-state index < -0.39 is 6.10 Å². The fourth-order valence-electron chi connectivity index (χ4n) is 3.45. The molecule has 3 heterocycles. The fraction of sp³-hybridized carbons (Fsp3) is 0.368. The van der Waals surface area contributed by atoms with Gasteiger partial charge in [-0.25, -0.2) is 9.97 Å². The zero-order chi connectivity index (χ0) is 18.8. The van der Waals surface area contributed by atoms with Crippen molar-refractivity contribution in [1.29, 1.82) is 0 Å². The number of para-hydroxylation sites is 2. The Hall–Kier alpha value is -3.16. The molecule has 2 amide bonds. The summed E-state index contributed by atoms with van der Waals surface area (Å²) in [6.07, 6.45) is 2.73. The van der Waals surface area contributed by atoms with E-state index in [0.29, 0.717) is 43.6 Å². The number of hydrogen-bond donors (Lipinski definition) is 0. The van der Waals surface area contributed by atoms with E-state index in [1.54, 1.807) is 34.3 Å². The minimum atomic E-state index is -0.691. The van der Waals surface area contributed by atoms with Crippen LogP contribution in [0.5, 0.6) is 5.75 Å². The Morgan fingerprint density at radius 3 is 2.44 bits per heavy atom. The number of piperazine rings is 1. The summed E-state index contributed by atoms with van der Waals surface area (Å²) in [6, 6.07) is 9.08. The van der Waals surface area contributed by atoms with Gasteiger partial charge in [0.1, 0.15) is 5.75 Å². The molecule has 1 fully saturated rings. The van der Waals surface area contributed by atoms with Crippen molar-refractivity contribution in [3.63, 3.8) is 0 Å². The summed E-state index contributed by atoms with van der Waals surface area (Å²) in [6.45, 7) is 4.19. The van der Waals surface area contributed by atoms with E-state index >= 15 is 0 Å². The maximum absolute atomic E-state index is 13.0. The molecule has 8 nitrogen and oxygen atoms in total. The van der Waals surface area contributed by atoms with Gasteiger partial charge in [-0.1, -0.05) is 12.1 Å². The number of ether oxygens (including phenoxy) is 1. The van der Waals surface area contributed by atoms with Gasteiger partial charge in [0.25, 0.3) is 5.91 Å². The van der Waals surface area contributed by atoms with Crippen molar-refractivity contribution in [1.82, 2.24) is 14.9 Å². The molecule has 0 spiro atoms. The highest BCUT2D eigenvalue weighted by molar-refractivity contribution is 5.95. The third kappa shape index (κ3) is 3.42. The van der Waals surface area contributed by atoms with Crippen LogP contribution in [0.4, 0.5) is 11.6 Å². The molecule has 2 aliphatic heterocycles. The highest BCUT2D eigenvalue weighted by atomic mass is 16.5. The number of nitrogens with zero attached hydrogens (tertiary/aromatic N) is 5. The van der Waals surface area contributed by atoms with Gasteiger partial charge in [0, 0.05) is 45.5 Å². The van der Waals surface area contributed by atoms with Crippen LogP contribution in [-0.2, 0) is 9.59 Å². The van der Waals surface area contributed by atoms with Crippen molar-refractivity contribution in [2.45, 2.75) is 13.0 Å². The molecule has 27 heavy (non-hydrogen) atoms. The molecule has 140 valence electrons. The Balaban J connectivity index is 1.44. The van der Waals surface area contributed by atoms with Crippen LogP contribution >= 0.6 is 0 Å². The van der Waals surface area contributed by atoms with Crippen molar-refractivity contribution >= 4 is 23.5 Å². The first-order valence-electron chi connectivity index (χ1n) is 8.98. The van der Waals surface area contributed by atoms with Gasteiger partial charge < -0.3 is 19.4 Å². The zero-order valence-corrected chi connectivity index (χ0v) is 15.1. The van der Waals surface area contributed by atoms with Crippen LogP contribution in [0.2, 0.25) is 0 Å². The minimum absolute atomic E-state index is 0.0932. The lowest BCUT2D eigenvalue weighted by Gasteiger charge is -2.39. The molecular formula is C19H21N5O3. The van der Waals surface area contributed by atoms with Crippen molar-refractivity contribution < 1.29 is 14.3 Å². The number of fused-ring (bicyclic) bond motifs is 1. The van der Waals surface area contributed by atoms with Crippen molar-refractivity contribution in [3.05, 3.63) is 42.7 Å². The Labute approximate surface area is 157 Å². The van der Waals surface area contributed by atoms with Gasteiger partial charge in [0.05, 0.1) is 12.2 Å².